The zero-order chi connectivity index (χ0) is 8.55. The predicted molar refractivity (Wildman–Crippen MR) is 55.3 cm³/mol. The summed E-state index contributed by atoms with van der Waals surface area (Å²) < 4.78 is 7.31. The van der Waals surface area contributed by atoms with Crippen LogP contribution in [0, 0.1) is 0 Å². The number of nitrogens with one attached hydrogen (secondary N) is 1. The maximum absolute atomic E-state index is 5.24. The van der Waals surface area contributed by atoms with Gasteiger partial charge in [-0.3, -0.25) is 0 Å². The van der Waals surface area contributed by atoms with Crippen LogP contribution in [0.15, 0.2) is 18.5 Å². The highest BCUT2D eigenvalue weighted by atomic mass is 127. The van der Waals surface area contributed by atoms with E-state index in [-0.39, 0.29) is 0 Å². The van der Waals surface area contributed by atoms with E-state index >= 15 is 0 Å². The van der Waals surface area contributed by atoms with E-state index in [4.69, 9.17) is 4.74 Å². The van der Waals surface area contributed by atoms with Crippen molar-refractivity contribution in [2.75, 3.05) is 7.11 Å². The molecule has 64 valence electrons. The minimum atomic E-state index is 0.912. The molecule has 0 unspecified atom stereocenters. The van der Waals surface area contributed by atoms with Gasteiger partial charge >= 0.3 is 0 Å². The summed E-state index contributed by atoms with van der Waals surface area (Å²) in [7, 11) is 1.69. The molecule has 0 radical (unpaired) electrons. The summed E-state index contributed by atoms with van der Waals surface area (Å²) in [6.45, 7) is 0.912. The molecule has 0 saturated carbocycles. The van der Waals surface area contributed by atoms with Crippen molar-refractivity contribution in [1.82, 2.24) is 8.10 Å². The quantitative estimate of drug-likeness (QED) is 0.628. The van der Waals surface area contributed by atoms with E-state index in [1.54, 1.807) is 7.11 Å². The monoisotopic (exact) mass is 276 g/mol. The molecule has 2 heterocycles. The Labute approximate surface area is 84.9 Å². The number of aromatic amines is 1. The van der Waals surface area contributed by atoms with Gasteiger partial charge in [0.15, 0.2) is 0 Å². The van der Waals surface area contributed by atoms with E-state index < -0.39 is 0 Å². The lowest BCUT2D eigenvalue weighted by Gasteiger charge is -2.19. The molecule has 4 heteroatoms. The van der Waals surface area contributed by atoms with Gasteiger partial charge in [0.05, 0.1) is 42.7 Å². The average Bonchev–Trinajstić information content (AvgIpc) is 2.50. The Bertz CT molecular complexity index is 319. The second-order valence-electron chi connectivity index (χ2n) is 2.63. The van der Waals surface area contributed by atoms with Gasteiger partial charge in [-0.05, 0) is 6.07 Å². The number of H-pyrrole nitrogens is 1. The number of ether oxygens (including phenoxy) is 1. The fourth-order valence-corrected chi connectivity index (χ4v) is 1.92. The third kappa shape index (κ3) is 1.20. The van der Waals surface area contributed by atoms with E-state index in [9.17, 15) is 0 Å². The summed E-state index contributed by atoms with van der Waals surface area (Å²) in [5.41, 5.74) is 2.38. The third-order valence-corrected chi connectivity index (χ3v) is 2.50. The molecule has 1 aliphatic heterocycles. The molecule has 2 rings (SSSR count). The van der Waals surface area contributed by atoms with Gasteiger partial charge in [0.25, 0.3) is 0 Å². The fourth-order valence-electron chi connectivity index (χ4n) is 1.32. The summed E-state index contributed by atoms with van der Waals surface area (Å²) in [5.74, 6) is 0.923. The molecule has 3 nitrogen and oxygen atoms in total. The largest absolute Gasteiger partial charge is 0.495 e. The van der Waals surface area contributed by atoms with Crippen molar-refractivity contribution in [2.24, 2.45) is 0 Å². The van der Waals surface area contributed by atoms with Crippen molar-refractivity contribution in [2.45, 2.75) is 6.54 Å². The van der Waals surface area contributed by atoms with E-state index in [1.165, 1.54) is 11.3 Å². The van der Waals surface area contributed by atoms with E-state index in [2.05, 4.69) is 31.0 Å². The lowest BCUT2D eigenvalue weighted by molar-refractivity contribution is 0.360. The van der Waals surface area contributed by atoms with Crippen molar-refractivity contribution in [3.8, 4) is 0 Å². The maximum atomic E-state index is 5.24. The number of aromatic nitrogens is 1. The van der Waals surface area contributed by atoms with Gasteiger partial charge in [-0.1, -0.05) is 0 Å². The van der Waals surface area contributed by atoms with Crippen LogP contribution in [0.1, 0.15) is 11.3 Å². The number of hydrogen-bond acceptors (Lipinski definition) is 2. The van der Waals surface area contributed by atoms with E-state index in [0.29, 0.717) is 0 Å². The predicted octanol–water partition coefficient (Wildman–Crippen LogP) is 2.13. The normalized spacial score (nSPS) is 15.5. The average molecular weight is 276 g/mol. The number of fused-ring (bicyclic) bond motifs is 1. The van der Waals surface area contributed by atoms with Gasteiger partial charge in [0, 0.05) is 17.5 Å². The first-order valence-corrected chi connectivity index (χ1v) is 4.62. The van der Waals surface area contributed by atoms with Crippen LogP contribution in [0.3, 0.4) is 0 Å². The fraction of sp³-hybridized carbons (Fsp3) is 0.250. The molecule has 12 heavy (non-hydrogen) atoms. The minimum absolute atomic E-state index is 0.912. The maximum Gasteiger partial charge on any atom is 0.144 e. The summed E-state index contributed by atoms with van der Waals surface area (Å²) in [5, 5.41) is 0. The molecule has 0 spiro atoms. The summed E-state index contributed by atoms with van der Waals surface area (Å²) >= 11 is 2.25. The van der Waals surface area contributed by atoms with E-state index in [0.717, 1.165) is 12.3 Å². The first-order chi connectivity index (χ1) is 5.81. The van der Waals surface area contributed by atoms with Crippen LogP contribution < -0.4 is 0 Å². The van der Waals surface area contributed by atoms with Gasteiger partial charge in [0.1, 0.15) is 5.76 Å². The van der Waals surface area contributed by atoms with Crippen LogP contribution in [0.5, 0.6) is 0 Å². The first-order valence-electron chi connectivity index (χ1n) is 3.66. The van der Waals surface area contributed by atoms with Crippen molar-refractivity contribution in [3.63, 3.8) is 0 Å². The highest BCUT2D eigenvalue weighted by Crippen LogP contribution is 2.27. The molecule has 0 aliphatic carbocycles. The molecule has 1 N–H and O–H groups in total. The summed E-state index contributed by atoms with van der Waals surface area (Å²) in [4.78, 5) is 3.19. The van der Waals surface area contributed by atoms with Gasteiger partial charge < -0.3 is 12.8 Å². The van der Waals surface area contributed by atoms with Crippen molar-refractivity contribution < 1.29 is 4.74 Å². The molecule has 1 aromatic rings. The minimum Gasteiger partial charge on any atom is -0.495 e. The molecule has 0 amide bonds. The zero-order valence-corrected chi connectivity index (χ0v) is 8.83. The SMILES string of the molecule is COC1=CN(I)Cc2[nH]ccc21. The van der Waals surface area contributed by atoms with Gasteiger partial charge in [-0.2, -0.15) is 0 Å². The molecule has 0 bridgehead atoms. The van der Waals surface area contributed by atoms with Crippen molar-refractivity contribution in [1.29, 1.82) is 0 Å². The Morgan fingerprint density at radius 1 is 1.67 bits per heavy atom. The summed E-state index contributed by atoms with van der Waals surface area (Å²) in [6, 6.07) is 2.04. The van der Waals surface area contributed by atoms with Gasteiger partial charge in [-0.15, -0.1) is 0 Å². The molecule has 0 fully saturated rings. The molecular formula is C8H9IN2O. The van der Waals surface area contributed by atoms with Crippen LogP contribution in [-0.2, 0) is 11.3 Å². The van der Waals surface area contributed by atoms with Crippen molar-refractivity contribution >= 4 is 28.6 Å². The number of hydrogen-bond donors (Lipinski definition) is 1. The molecule has 1 aliphatic rings. The molecule has 0 atom stereocenters. The highest BCUT2D eigenvalue weighted by Gasteiger charge is 2.16. The number of halogens is 1. The number of nitrogens with zero attached hydrogens (tertiary/aromatic N) is 1. The Hall–Kier alpha value is -0.650. The van der Waals surface area contributed by atoms with Crippen LogP contribution in [0.4, 0.5) is 0 Å². The third-order valence-electron chi connectivity index (χ3n) is 1.88. The van der Waals surface area contributed by atoms with Crippen molar-refractivity contribution in [3.05, 3.63) is 29.7 Å². The first kappa shape index (κ1) is 7.97. The molecular weight excluding hydrogens is 267 g/mol. The van der Waals surface area contributed by atoms with E-state index in [1.807, 2.05) is 18.5 Å². The summed E-state index contributed by atoms with van der Waals surface area (Å²) in [6.07, 6.45) is 3.93. The standard InChI is InChI=1S/C8H9IN2O/c1-12-8-5-11(9)4-7-6(8)2-3-10-7/h2-3,5,10H,4H2,1H3. The smallest absolute Gasteiger partial charge is 0.144 e. The zero-order valence-electron chi connectivity index (χ0n) is 6.67. The molecule has 0 saturated heterocycles. The molecule has 0 aromatic carbocycles. The number of rotatable bonds is 1. The molecule has 1 aromatic heterocycles. The topological polar surface area (TPSA) is 28.3 Å². The van der Waals surface area contributed by atoms with Gasteiger partial charge in [0.2, 0.25) is 0 Å². The highest BCUT2D eigenvalue weighted by molar-refractivity contribution is 14.1. The Kier molecular flexibility index (Phi) is 2.00. The second-order valence-corrected chi connectivity index (χ2v) is 3.86. The van der Waals surface area contributed by atoms with Crippen LogP contribution >= 0.6 is 22.9 Å². The Morgan fingerprint density at radius 3 is 3.25 bits per heavy atom. The Balaban J connectivity index is 2.44. The second kappa shape index (κ2) is 3.01. The van der Waals surface area contributed by atoms with Gasteiger partial charge in [-0.25, -0.2) is 0 Å². The van der Waals surface area contributed by atoms with Crippen LogP contribution in [-0.4, -0.2) is 15.2 Å². The van der Waals surface area contributed by atoms with Crippen LogP contribution in [0.25, 0.3) is 5.76 Å². The number of methoxy groups -OCH3 is 1. The lowest BCUT2D eigenvalue weighted by atomic mass is 10.2. The lowest BCUT2D eigenvalue weighted by Crippen LogP contribution is -2.11. The van der Waals surface area contributed by atoms with Crippen LogP contribution in [0.2, 0.25) is 0 Å². The Morgan fingerprint density at radius 2 is 2.50 bits per heavy atom.